The zero-order chi connectivity index (χ0) is 15.2. The summed E-state index contributed by atoms with van der Waals surface area (Å²) >= 11 is 0. The van der Waals surface area contributed by atoms with E-state index in [-0.39, 0.29) is 24.5 Å². The van der Waals surface area contributed by atoms with Gasteiger partial charge in [-0.2, -0.15) is 0 Å². The lowest BCUT2D eigenvalue weighted by Gasteiger charge is -2.23. The Morgan fingerprint density at radius 3 is 2.70 bits per heavy atom. The van der Waals surface area contributed by atoms with Crippen molar-refractivity contribution in [3.05, 3.63) is 0 Å². The number of rotatable bonds is 6. The summed E-state index contributed by atoms with van der Waals surface area (Å²) in [6.45, 7) is 0.0497. The van der Waals surface area contributed by atoms with Crippen molar-refractivity contribution in [1.29, 1.82) is 0 Å². The van der Waals surface area contributed by atoms with Crippen LogP contribution in [-0.4, -0.2) is 62.8 Å². The van der Waals surface area contributed by atoms with Crippen LogP contribution >= 0.6 is 0 Å². The van der Waals surface area contributed by atoms with Crippen molar-refractivity contribution in [2.75, 3.05) is 25.2 Å². The molecule has 0 radical (unpaired) electrons. The minimum Gasteiger partial charge on any atom is -0.481 e. The quantitative estimate of drug-likeness (QED) is 0.599. The minimum absolute atomic E-state index is 0.0497. The number of hydrogen-bond acceptors (Lipinski definition) is 5. The number of urea groups is 1. The van der Waals surface area contributed by atoms with Gasteiger partial charge in [-0.1, -0.05) is 0 Å². The SMILES string of the molecule is COC(CNC(=O)NC1CCCS(=O)(=O)C1)CC(=O)O. The van der Waals surface area contributed by atoms with Crippen LogP contribution in [0.5, 0.6) is 0 Å². The summed E-state index contributed by atoms with van der Waals surface area (Å²) in [5.41, 5.74) is 0. The second-order valence-corrected chi connectivity index (χ2v) is 6.99. The van der Waals surface area contributed by atoms with Gasteiger partial charge < -0.3 is 20.5 Å². The smallest absolute Gasteiger partial charge is 0.315 e. The Labute approximate surface area is 117 Å². The second-order valence-electron chi connectivity index (χ2n) is 4.76. The molecule has 0 bridgehead atoms. The van der Waals surface area contributed by atoms with Crippen LogP contribution in [0.25, 0.3) is 0 Å². The highest BCUT2D eigenvalue weighted by Crippen LogP contribution is 2.11. The lowest BCUT2D eigenvalue weighted by molar-refractivity contribution is -0.139. The number of sulfone groups is 1. The first kappa shape index (κ1) is 16.7. The molecule has 1 rings (SSSR count). The fourth-order valence-electron chi connectivity index (χ4n) is 2.01. The first-order valence-corrected chi connectivity index (χ1v) is 8.14. The molecule has 0 spiro atoms. The lowest BCUT2D eigenvalue weighted by atomic mass is 10.2. The van der Waals surface area contributed by atoms with Crippen LogP contribution in [0.3, 0.4) is 0 Å². The van der Waals surface area contributed by atoms with Gasteiger partial charge in [0.25, 0.3) is 0 Å². The van der Waals surface area contributed by atoms with Crippen molar-refractivity contribution in [2.24, 2.45) is 0 Å². The van der Waals surface area contributed by atoms with Crippen molar-refractivity contribution >= 4 is 21.8 Å². The Morgan fingerprint density at radius 1 is 1.45 bits per heavy atom. The molecule has 20 heavy (non-hydrogen) atoms. The van der Waals surface area contributed by atoms with Gasteiger partial charge in [0.1, 0.15) is 0 Å². The van der Waals surface area contributed by atoms with Crippen LogP contribution in [0.4, 0.5) is 4.79 Å². The number of amides is 2. The Kier molecular flexibility index (Phi) is 6.21. The van der Waals surface area contributed by atoms with Gasteiger partial charge in [-0.15, -0.1) is 0 Å². The zero-order valence-corrected chi connectivity index (χ0v) is 12.1. The van der Waals surface area contributed by atoms with E-state index in [0.29, 0.717) is 12.8 Å². The van der Waals surface area contributed by atoms with Gasteiger partial charge >= 0.3 is 12.0 Å². The molecule has 0 aromatic carbocycles. The molecule has 2 atom stereocenters. The highest BCUT2D eigenvalue weighted by molar-refractivity contribution is 7.91. The molecule has 2 amide bonds. The summed E-state index contributed by atoms with van der Waals surface area (Å²) in [4.78, 5) is 22.1. The third-order valence-corrected chi connectivity index (χ3v) is 4.85. The molecule has 0 aromatic rings. The maximum absolute atomic E-state index is 11.6. The van der Waals surface area contributed by atoms with Crippen LogP contribution in [0.1, 0.15) is 19.3 Å². The fraction of sp³-hybridized carbons (Fsp3) is 0.818. The number of methoxy groups -OCH3 is 1. The lowest BCUT2D eigenvalue weighted by Crippen LogP contribution is -2.49. The van der Waals surface area contributed by atoms with E-state index in [2.05, 4.69) is 10.6 Å². The van der Waals surface area contributed by atoms with Gasteiger partial charge in [0.05, 0.1) is 24.0 Å². The van der Waals surface area contributed by atoms with Gasteiger partial charge in [-0.25, -0.2) is 13.2 Å². The molecule has 1 fully saturated rings. The van der Waals surface area contributed by atoms with Crippen molar-refractivity contribution in [2.45, 2.75) is 31.4 Å². The molecule has 1 aliphatic rings. The van der Waals surface area contributed by atoms with E-state index in [0.717, 1.165) is 0 Å². The molecular formula is C11H20N2O6S. The summed E-state index contributed by atoms with van der Waals surface area (Å²) in [6.07, 6.45) is 0.324. The third kappa shape index (κ3) is 6.20. The number of hydrogen-bond donors (Lipinski definition) is 3. The first-order chi connectivity index (χ1) is 9.32. The van der Waals surface area contributed by atoms with Gasteiger partial charge in [-0.3, -0.25) is 4.79 Å². The average Bonchev–Trinajstić information content (AvgIpc) is 2.32. The Bertz CT molecular complexity index is 450. The number of aliphatic carboxylic acids is 1. The number of carbonyl (C=O) groups is 2. The summed E-state index contributed by atoms with van der Waals surface area (Å²) in [7, 11) is -1.71. The molecular weight excluding hydrogens is 288 g/mol. The first-order valence-electron chi connectivity index (χ1n) is 6.32. The van der Waals surface area contributed by atoms with Crippen LogP contribution in [0.15, 0.2) is 0 Å². The van der Waals surface area contributed by atoms with Crippen LogP contribution in [-0.2, 0) is 19.4 Å². The number of nitrogens with one attached hydrogen (secondary N) is 2. The van der Waals surface area contributed by atoms with E-state index < -0.39 is 34.0 Å². The summed E-state index contributed by atoms with van der Waals surface area (Å²) in [5, 5.41) is 13.7. The van der Waals surface area contributed by atoms with E-state index in [1.165, 1.54) is 7.11 Å². The molecule has 116 valence electrons. The molecule has 3 N–H and O–H groups in total. The van der Waals surface area contributed by atoms with E-state index in [1.54, 1.807) is 0 Å². The standard InChI is InChI=1S/C11H20N2O6S/c1-19-9(5-10(14)15)6-12-11(16)13-8-3-2-4-20(17,18)7-8/h8-9H,2-7H2,1H3,(H,14,15)(H2,12,13,16). The number of carboxylic acid groups (broad SMARTS) is 1. The van der Waals surface area contributed by atoms with Crippen molar-refractivity contribution in [3.63, 3.8) is 0 Å². The van der Waals surface area contributed by atoms with Gasteiger partial charge in [0.2, 0.25) is 0 Å². The summed E-state index contributed by atoms with van der Waals surface area (Å²) in [6, 6.07) is -0.909. The summed E-state index contributed by atoms with van der Waals surface area (Å²) < 4.78 is 27.8. The molecule has 0 saturated carbocycles. The van der Waals surface area contributed by atoms with Gasteiger partial charge in [0, 0.05) is 19.7 Å². The third-order valence-electron chi connectivity index (χ3n) is 3.02. The van der Waals surface area contributed by atoms with E-state index in [1.807, 2.05) is 0 Å². The summed E-state index contributed by atoms with van der Waals surface area (Å²) in [5.74, 6) is -0.905. The molecule has 0 aliphatic carbocycles. The van der Waals surface area contributed by atoms with Crippen LogP contribution < -0.4 is 10.6 Å². The highest BCUT2D eigenvalue weighted by Gasteiger charge is 2.26. The Balaban J connectivity index is 2.34. The van der Waals surface area contributed by atoms with Crippen LogP contribution in [0, 0.1) is 0 Å². The van der Waals surface area contributed by atoms with Gasteiger partial charge in [0.15, 0.2) is 9.84 Å². The maximum Gasteiger partial charge on any atom is 0.315 e. The fourth-order valence-corrected chi connectivity index (χ4v) is 3.65. The number of carbonyl (C=O) groups excluding carboxylic acids is 1. The number of ether oxygens (including phenoxy) is 1. The predicted octanol–water partition coefficient (Wildman–Crippen LogP) is -0.647. The highest BCUT2D eigenvalue weighted by atomic mass is 32.2. The molecule has 1 saturated heterocycles. The maximum atomic E-state index is 11.6. The Hall–Kier alpha value is -1.35. The topological polar surface area (TPSA) is 122 Å². The average molecular weight is 308 g/mol. The normalized spacial score (nSPS) is 22.8. The molecule has 1 aliphatic heterocycles. The largest absolute Gasteiger partial charge is 0.481 e. The van der Waals surface area contributed by atoms with Crippen LogP contribution in [0.2, 0.25) is 0 Å². The number of carboxylic acids is 1. The van der Waals surface area contributed by atoms with E-state index >= 15 is 0 Å². The zero-order valence-electron chi connectivity index (χ0n) is 11.3. The molecule has 9 heteroatoms. The molecule has 2 unspecified atom stereocenters. The molecule has 8 nitrogen and oxygen atoms in total. The minimum atomic E-state index is -3.07. The van der Waals surface area contributed by atoms with Crippen molar-refractivity contribution in [1.82, 2.24) is 10.6 Å². The molecule has 1 heterocycles. The Morgan fingerprint density at radius 2 is 2.15 bits per heavy atom. The monoisotopic (exact) mass is 308 g/mol. The van der Waals surface area contributed by atoms with Crippen molar-refractivity contribution in [3.8, 4) is 0 Å². The second kappa shape index (κ2) is 7.44. The predicted molar refractivity (Wildman–Crippen MR) is 71.3 cm³/mol. The van der Waals surface area contributed by atoms with Crippen molar-refractivity contribution < 1.29 is 27.9 Å². The van der Waals surface area contributed by atoms with E-state index in [9.17, 15) is 18.0 Å². The van der Waals surface area contributed by atoms with E-state index in [4.69, 9.17) is 9.84 Å². The molecule has 0 aromatic heterocycles. The van der Waals surface area contributed by atoms with Gasteiger partial charge in [-0.05, 0) is 12.8 Å².